The molecule has 2 aromatic heterocycles. The SMILES string of the molecule is Cc1ccc(-c2nnc(-c3ccc(C(=O)N4CCCC(C(=O)Nc5cccc(C)n5)C4)cc3)o2)cc1. The maximum atomic E-state index is 13.2. The molecule has 1 aliphatic heterocycles. The Hall–Kier alpha value is -4.33. The monoisotopic (exact) mass is 481 g/mol. The Morgan fingerprint density at radius 3 is 2.25 bits per heavy atom. The first-order valence-electron chi connectivity index (χ1n) is 12.0. The molecule has 0 aliphatic carbocycles. The van der Waals surface area contributed by atoms with Gasteiger partial charge in [0.25, 0.3) is 5.91 Å². The second-order valence-corrected chi connectivity index (χ2v) is 9.10. The summed E-state index contributed by atoms with van der Waals surface area (Å²) in [4.78, 5) is 32.0. The highest BCUT2D eigenvalue weighted by atomic mass is 16.4. The van der Waals surface area contributed by atoms with Crippen molar-refractivity contribution >= 4 is 17.6 Å². The van der Waals surface area contributed by atoms with Gasteiger partial charge in [-0.25, -0.2) is 4.98 Å². The van der Waals surface area contributed by atoms with E-state index in [0.717, 1.165) is 35.2 Å². The molecule has 8 nitrogen and oxygen atoms in total. The van der Waals surface area contributed by atoms with Gasteiger partial charge in [0.2, 0.25) is 17.7 Å². The number of aromatic nitrogens is 3. The Bertz CT molecular complexity index is 1380. The summed E-state index contributed by atoms with van der Waals surface area (Å²) in [7, 11) is 0. The first-order chi connectivity index (χ1) is 17.5. The van der Waals surface area contributed by atoms with Gasteiger partial charge >= 0.3 is 0 Å². The molecular formula is C28H27N5O3. The fourth-order valence-electron chi connectivity index (χ4n) is 4.31. The Morgan fingerprint density at radius 1 is 0.917 bits per heavy atom. The molecule has 0 spiro atoms. The molecule has 2 aromatic carbocycles. The lowest BCUT2D eigenvalue weighted by Crippen LogP contribution is -2.43. The lowest BCUT2D eigenvalue weighted by molar-refractivity contribution is -0.121. The van der Waals surface area contributed by atoms with Gasteiger partial charge < -0.3 is 14.6 Å². The number of rotatable bonds is 5. The standard InChI is InChI=1S/C28H27N5O3/c1-18-8-10-20(11-9-18)26-31-32-27(36-26)21-12-14-22(15-13-21)28(35)33-16-4-6-23(17-33)25(34)30-24-7-3-5-19(2)29-24/h3,5,7-15,23H,4,6,16-17H2,1-2H3,(H,29,30,34). The summed E-state index contributed by atoms with van der Waals surface area (Å²) >= 11 is 0. The number of aryl methyl sites for hydroxylation is 2. The third kappa shape index (κ3) is 5.17. The summed E-state index contributed by atoms with van der Waals surface area (Å²) in [5.74, 6) is 0.890. The van der Waals surface area contributed by atoms with Gasteiger partial charge in [-0.3, -0.25) is 9.59 Å². The van der Waals surface area contributed by atoms with Gasteiger partial charge in [-0.15, -0.1) is 10.2 Å². The van der Waals surface area contributed by atoms with E-state index in [4.69, 9.17) is 4.42 Å². The van der Waals surface area contributed by atoms with Crippen molar-refractivity contribution in [2.24, 2.45) is 5.92 Å². The van der Waals surface area contributed by atoms with Crippen molar-refractivity contribution < 1.29 is 14.0 Å². The van der Waals surface area contributed by atoms with E-state index in [9.17, 15) is 9.59 Å². The molecule has 3 heterocycles. The van der Waals surface area contributed by atoms with Crippen LogP contribution in [0, 0.1) is 19.8 Å². The number of benzene rings is 2. The van der Waals surface area contributed by atoms with E-state index in [-0.39, 0.29) is 17.7 Å². The van der Waals surface area contributed by atoms with Crippen molar-refractivity contribution in [3.63, 3.8) is 0 Å². The lowest BCUT2D eigenvalue weighted by atomic mass is 9.96. The number of carbonyl (C=O) groups excluding carboxylic acids is 2. The Morgan fingerprint density at radius 2 is 1.58 bits per heavy atom. The van der Waals surface area contributed by atoms with Crippen LogP contribution in [0.25, 0.3) is 22.9 Å². The molecule has 182 valence electrons. The summed E-state index contributed by atoms with van der Waals surface area (Å²) in [6, 6.07) is 20.5. The summed E-state index contributed by atoms with van der Waals surface area (Å²) in [6.45, 7) is 4.90. The van der Waals surface area contributed by atoms with Gasteiger partial charge in [0.15, 0.2) is 0 Å². The van der Waals surface area contributed by atoms with E-state index in [2.05, 4.69) is 20.5 Å². The quantitative estimate of drug-likeness (QED) is 0.435. The molecule has 1 N–H and O–H groups in total. The van der Waals surface area contributed by atoms with Crippen molar-refractivity contribution in [1.29, 1.82) is 0 Å². The van der Waals surface area contributed by atoms with Crippen molar-refractivity contribution in [1.82, 2.24) is 20.1 Å². The Kier molecular flexibility index (Phi) is 6.58. The number of hydrogen-bond acceptors (Lipinski definition) is 6. The predicted octanol–water partition coefficient (Wildman–Crippen LogP) is 4.91. The van der Waals surface area contributed by atoms with Crippen LogP contribution in [0.2, 0.25) is 0 Å². The van der Waals surface area contributed by atoms with Gasteiger partial charge in [-0.05, 0) is 75.2 Å². The molecular weight excluding hydrogens is 454 g/mol. The number of amides is 2. The number of hydrogen-bond donors (Lipinski definition) is 1. The molecule has 0 radical (unpaired) electrons. The number of piperidine rings is 1. The summed E-state index contributed by atoms with van der Waals surface area (Å²) in [5.41, 5.74) is 4.14. The molecule has 5 rings (SSSR count). The van der Waals surface area contributed by atoms with Crippen LogP contribution in [0.1, 0.15) is 34.5 Å². The number of pyridine rings is 1. The minimum atomic E-state index is -0.275. The zero-order valence-electron chi connectivity index (χ0n) is 20.3. The lowest BCUT2D eigenvalue weighted by Gasteiger charge is -2.32. The van der Waals surface area contributed by atoms with Gasteiger partial charge in [0.1, 0.15) is 5.82 Å². The Balaban J connectivity index is 1.24. The highest BCUT2D eigenvalue weighted by Gasteiger charge is 2.29. The minimum Gasteiger partial charge on any atom is -0.416 e. The molecule has 1 saturated heterocycles. The van der Waals surface area contributed by atoms with E-state index >= 15 is 0 Å². The van der Waals surface area contributed by atoms with Crippen LogP contribution in [0.5, 0.6) is 0 Å². The van der Waals surface area contributed by atoms with Gasteiger partial charge in [-0.2, -0.15) is 0 Å². The number of carbonyl (C=O) groups is 2. The van der Waals surface area contributed by atoms with Crippen LogP contribution in [0.3, 0.4) is 0 Å². The molecule has 1 aliphatic rings. The predicted molar refractivity (Wildman–Crippen MR) is 136 cm³/mol. The van der Waals surface area contributed by atoms with Crippen molar-refractivity contribution in [2.45, 2.75) is 26.7 Å². The van der Waals surface area contributed by atoms with E-state index in [1.807, 2.05) is 50.2 Å². The fourth-order valence-corrected chi connectivity index (χ4v) is 4.31. The molecule has 2 amide bonds. The second kappa shape index (κ2) is 10.1. The second-order valence-electron chi connectivity index (χ2n) is 9.10. The van der Waals surface area contributed by atoms with Crippen LogP contribution in [0.15, 0.2) is 71.1 Å². The zero-order chi connectivity index (χ0) is 25.1. The number of nitrogens with zero attached hydrogens (tertiary/aromatic N) is 4. The number of anilines is 1. The molecule has 4 aromatic rings. The molecule has 8 heteroatoms. The molecule has 1 unspecified atom stereocenters. The maximum absolute atomic E-state index is 13.2. The van der Waals surface area contributed by atoms with E-state index in [1.165, 1.54) is 0 Å². The summed E-state index contributed by atoms with van der Waals surface area (Å²) in [6.07, 6.45) is 1.51. The average Bonchev–Trinajstić information content (AvgIpc) is 3.39. The van der Waals surface area contributed by atoms with Crippen LogP contribution in [-0.4, -0.2) is 45.0 Å². The van der Waals surface area contributed by atoms with Gasteiger partial charge in [0, 0.05) is 35.5 Å². The summed E-state index contributed by atoms with van der Waals surface area (Å²) in [5, 5.41) is 11.2. The smallest absolute Gasteiger partial charge is 0.253 e. The zero-order valence-corrected chi connectivity index (χ0v) is 20.3. The molecule has 0 saturated carbocycles. The maximum Gasteiger partial charge on any atom is 0.253 e. The highest BCUT2D eigenvalue weighted by Crippen LogP contribution is 2.25. The Labute approximate surface area is 209 Å². The van der Waals surface area contributed by atoms with Crippen LogP contribution in [0.4, 0.5) is 5.82 Å². The molecule has 36 heavy (non-hydrogen) atoms. The largest absolute Gasteiger partial charge is 0.416 e. The van der Waals surface area contributed by atoms with Gasteiger partial charge in [0.05, 0.1) is 5.92 Å². The fraction of sp³-hybridized carbons (Fsp3) is 0.250. The van der Waals surface area contributed by atoms with E-state index in [1.54, 1.807) is 35.2 Å². The first kappa shape index (κ1) is 23.4. The van der Waals surface area contributed by atoms with Gasteiger partial charge in [-0.1, -0.05) is 23.8 Å². The van der Waals surface area contributed by atoms with E-state index in [0.29, 0.717) is 36.3 Å². The molecule has 1 fully saturated rings. The number of nitrogens with one attached hydrogen (secondary N) is 1. The van der Waals surface area contributed by atoms with Crippen LogP contribution in [-0.2, 0) is 4.79 Å². The van der Waals surface area contributed by atoms with Crippen LogP contribution >= 0.6 is 0 Å². The first-order valence-corrected chi connectivity index (χ1v) is 12.0. The third-order valence-corrected chi connectivity index (χ3v) is 6.32. The number of likely N-dealkylation sites (tertiary alicyclic amines) is 1. The summed E-state index contributed by atoms with van der Waals surface area (Å²) < 4.78 is 5.84. The average molecular weight is 482 g/mol. The van der Waals surface area contributed by atoms with E-state index < -0.39 is 0 Å². The highest BCUT2D eigenvalue weighted by molar-refractivity contribution is 5.96. The minimum absolute atomic E-state index is 0.0985. The van der Waals surface area contributed by atoms with Crippen molar-refractivity contribution in [3.8, 4) is 22.9 Å². The van der Waals surface area contributed by atoms with Crippen LogP contribution < -0.4 is 5.32 Å². The van der Waals surface area contributed by atoms with Crippen molar-refractivity contribution in [3.05, 3.63) is 83.6 Å². The molecule has 1 atom stereocenters. The normalized spacial score (nSPS) is 15.5. The molecule has 0 bridgehead atoms. The van der Waals surface area contributed by atoms with Crippen molar-refractivity contribution in [2.75, 3.05) is 18.4 Å². The third-order valence-electron chi connectivity index (χ3n) is 6.32. The topological polar surface area (TPSA) is 101 Å².